The van der Waals surface area contributed by atoms with Crippen LogP contribution in [0.1, 0.15) is 16.1 Å². The average molecular weight is 297 g/mol. The molecule has 2 N–H and O–H groups in total. The predicted octanol–water partition coefficient (Wildman–Crippen LogP) is 3.19. The Kier molecular flexibility index (Phi) is 3.14. The molecule has 1 aromatic carbocycles. The van der Waals surface area contributed by atoms with Crippen molar-refractivity contribution in [3.05, 3.63) is 40.2 Å². The van der Waals surface area contributed by atoms with Crippen molar-refractivity contribution in [2.24, 2.45) is 0 Å². The second-order valence-corrected chi connectivity index (χ2v) is 4.34. The van der Waals surface area contributed by atoms with E-state index < -0.39 is 5.97 Å². The Morgan fingerprint density at radius 2 is 2.29 bits per heavy atom. The largest absolute Gasteiger partial charge is 0.476 e. The lowest BCUT2D eigenvalue weighted by Crippen LogP contribution is -1.98. The van der Waals surface area contributed by atoms with E-state index in [0.29, 0.717) is 0 Å². The smallest absolute Gasteiger partial charge is 0.357 e. The number of nitrogens with zero attached hydrogens (tertiary/aromatic N) is 1. The maximum atomic E-state index is 10.6. The van der Waals surface area contributed by atoms with E-state index in [9.17, 15) is 4.79 Å². The molecule has 17 heavy (non-hydrogen) atoms. The maximum Gasteiger partial charge on any atom is 0.357 e. The number of aryl methyl sites for hydroxylation is 1. The minimum Gasteiger partial charge on any atom is -0.476 e. The van der Waals surface area contributed by atoms with Crippen molar-refractivity contribution in [3.8, 4) is 0 Å². The number of benzene rings is 1. The molecular formula is C11H9BrN2O3. The lowest BCUT2D eigenvalue weighted by Gasteiger charge is -2.05. The van der Waals surface area contributed by atoms with E-state index >= 15 is 0 Å². The quantitative estimate of drug-likeness (QED) is 0.910. The number of rotatable bonds is 3. The fourth-order valence-corrected chi connectivity index (χ4v) is 1.63. The molecule has 0 fully saturated rings. The highest BCUT2D eigenvalue weighted by Crippen LogP contribution is 2.24. The molecule has 1 aromatic heterocycles. The normalized spacial score (nSPS) is 10.2. The molecule has 0 atom stereocenters. The van der Waals surface area contributed by atoms with Gasteiger partial charge >= 0.3 is 5.97 Å². The summed E-state index contributed by atoms with van der Waals surface area (Å²) in [5.74, 6) is -1.12. The van der Waals surface area contributed by atoms with Crippen LogP contribution in [0.15, 0.2) is 33.4 Å². The zero-order valence-electron chi connectivity index (χ0n) is 8.90. The van der Waals surface area contributed by atoms with E-state index in [1.165, 1.54) is 0 Å². The molecule has 6 heteroatoms. The number of anilines is 2. The van der Waals surface area contributed by atoms with Gasteiger partial charge in [0.15, 0.2) is 5.69 Å². The summed E-state index contributed by atoms with van der Waals surface area (Å²) in [4.78, 5) is 14.4. The third-order valence-electron chi connectivity index (χ3n) is 2.16. The van der Waals surface area contributed by atoms with E-state index in [1.54, 1.807) is 0 Å². The number of aromatic carboxylic acids is 1. The van der Waals surface area contributed by atoms with Crippen LogP contribution < -0.4 is 5.32 Å². The van der Waals surface area contributed by atoms with Gasteiger partial charge in [0.1, 0.15) is 6.26 Å². The second-order valence-electron chi connectivity index (χ2n) is 3.43. The number of carboxylic acids is 1. The third kappa shape index (κ3) is 2.65. The molecule has 2 aromatic rings. The highest BCUT2D eigenvalue weighted by atomic mass is 79.9. The first-order chi connectivity index (χ1) is 8.06. The summed E-state index contributed by atoms with van der Waals surface area (Å²) in [6.45, 7) is 1.93. The number of carbonyl (C=O) groups is 1. The highest BCUT2D eigenvalue weighted by Gasteiger charge is 2.11. The number of nitrogens with one attached hydrogen (secondary N) is 1. The Bertz CT molecular complexity index is 566. The standard InChI is InChI=1S/C11H9BrN2O3/c1-6-2-3-7(12)4-8(6)13-11-14-9(5-17-11)10(15)16/h2-5H,1H3,(H,13,14)(H,15,16). The van der Waals surface area contributed by atoms with Crippen LogP contribution in [-0.4, -0.2) is 16.1 Å². The summed E-state index contributed by atoms with van der Waals surface area (Å²) < 4.78 is 5.92. The molecule has 0 bridgehead atoms. The molecule has 5 nitrogen and oxygen atoms in total. The SMILES string of the molecule is Cc1ccc(Br)cc1Nc1nc(C(=O)O)co1. The van der Waals surface area contributed by atoms with Gasteiger partial charge in [-0.2, -0.15) is 4.98 Å². The first-order valence-corrected chi connectivity index (χ1v) is 5.57. The summed E-state index contributed by atoms with van der Waals surface area (Å²) in [6.07, 6.45) is 1.10. The van der Waals surface area contributed by atoms with Crippen LogP contribution in [0.3, 0.4) is 0 Å². The Morgan fingerprint density at radius 3 is 2.94 bits per heavy atom. The van der Waals surface area contributed by atoms with E-state index in [4.69, 9.17) is 9.52 Å². The van der Waals surface area contributed by atoms with E-state index in [-0.39, 0.29) is 11.7 Å². The van der Waals surface area contributed by atoms with Gasteiger partial charge in [0.25, 0.3) is 6.01 Å². The minimum absolute atomic E-state index is 0.125. The average Bonchev–Trinajstić information content (AvgIpc) is 2.72. The third-order valence-corrected chi connectivity index (χ3v) is 2.66. The van der Waals surface area contributed by atoms with E-state index in [1.807, 2.05) is 25.1 Å². The molecule has 0 aliphatic carbocycles. The predicted molar refractivity (Wildman–Crippen MR) is 65.6 cm³/mol. The van der Waals surface area contributed by atoms with E-state index in [0.717, 1.165) is 22.0 Å². The lowest BCUT2D eigenvalue weighted by molar-refractivity contribution is 0.0690. The van der Waals surface area contributed by atoms with Crippen LogP contribution in [0.2, 0.25) is 0 Å². The van der Waals surface area contributed by atoms with Gasteiger partial charge in [-0.1, -0.05) is 22.0 Å². The van der Waals surface area contributed by atoms with Gasteiger partial charge in [-0.05, 0) is 24.6 Å². The van der Waals surface area contributed by atoms with Crippen molar-refractivity contribution in [1.82, 2.24) is 4.98 Å². The van der Waals surface area contributed by atoms with Crippen LogP contribution in [0, 0.1) is 6.92 Å². The molecule has 0 radical (unpaired) electrons. The molecule has 0 saturated carbocycles. The number of carboxylic acid groups (broad SMARTS) is 1. The van der Waals surface area contributed by atoms with Crippen LogP contribution >= 0.6 is 15.9 Å². The molecule has 0 saturated heterocycles. The van der Waals surface area contributed by atoms with Crippen molar-refractivity contribution in [3.63, 3.8) is 0 Å². The molecule has 2 rings (SSSR count). The van der Waals surface area contributed by atoms with Gasteiger partial charge in [0, 0.05) is 10.2 Å². The summed E-state index contributed by atoms with van der Waals surface area (Å²) in [5.41, 5.74) is 1.68. The molecule has 0 spiro atoms. The van der Waals surface area contributed by atoms with Crippen molar-refractivity contribution in [1.29, 1.82) is 0 Å². The highest BCUT2D eigenvalue weighted by molar-refractivity contribution is 9.10. The van der Waals surface area contributed by atoms with Crippen molar-refractivity contribution < 1.29 is 14.3 Å². The van der Waals surface area contributed by atoms with Crippen molar-refractivity contribution in [2.75, 3.05) is 5.32 Å². The second kappa shape index (κ2) is 4.58. The van der Waals surface area contributed by atoms with Crippen LogP contribution in [-0.2, 0) is 0 Å². The van der Waals surface area contributed by atoms with Crippen LogP contribution in [0.4, 0.5) is 11.7 Å². The van der Waals surface area contributed by atoms with E-state index in [2.05, 4.69) is 26.2 Å². The summed E-state index contributed by atoms with van der Waals surface area (Å²) in [7, 11) is 0. The number of hydrogen-bond donors (Lipinski definition) is 2. The summed E-state index contributed by atoms with van der Waals surface area (Å²) in [5, 5.41) is 11.6. The monoisotopic (exact) mass is 296 g/mol. The maximum absolute atomic E-state index is 10.6. The summed E-state index contributed by atoms with van der Waals surface area (Å²) in [6, 6.07) is 5.86. The fourth-order valence-electron chi connectivity index (χ4n) is 1.27. The number of hydrogen-bond acceptors (Lipinski definition) is 4. The van der Waals surface area contributed by atoms with Gasteiger partial charge in [0.05, 0.1) is 0 Å². The number of oxazole rings is 1. The molecule has 88 valence electrons. The Morgan fingerprint density at radius 1 is 1.53 bits per heavy atom. The number of halogens is 1. The van der Waals surface area contributed by atoms with Crippen molar-refractivity contribution >= 4 is 33.6 Å². The Labute approximate surface area is 106 Å². The van der Waals surface area contributed by atoms with Gasteiger partial charge in [-0.3, -0.25) is 0 Å². The van der Waals surface area contributed by atoms with Gasteiger partial charge in [-0.25, -0.2) is 4.79 Å². The van der Waals surface area contributed by atoms with Crippen molar-refractivity contribution in [2.45, 2.75) is 6.92 Å². The Hall–Kier alpha value is -1.82. The zero-order valence-corrected chi connectivity index (χ0v) is 10.5. The molecular weight excluding hydrogens is 288 g/mol. The van der Waals surface area contributed by atoms with Gasteiger partial charge in [0.2, 0.25) is 0 Å². The lowest BCUT2D eigenvalue weighted by atomic mass is 10.2. The summed E-state index contributed by atoms with van der Waals surface area (Å²) >= 11 is 3.35. The first kappa shape index (κ1) is 11.7. The van der Waals surface area contributed by atoms with Gasteiger partial charge in [-0.15, -0.1) is 0 Å². The molecule has 0 amide bonds. The topological polar surface area (TPSA) is 75.4 Å². The zero-order chi connectivity index (χ0) is 12.4. The number of aromatic nitrogens is 1. The Balaban J connectivity index is 2.25. The molecule has 0 unspecified atom stereocenters. The van der Waals surface area contributed by atoms with Crippen LogP contribution in [0.5, 0.6) is 0 Å². The fraction of sp³-hybridized carbons (Fsp3) is 0.0909. The first-order valence-electron chi connectivity index (χ1n) is 4.78. The molecule has 0 aliphatic rings. The molecule has 0 aliphatic heterocycles. The molecule has 1 heterocycles. The van der Waals surface area contributed by atoms with Crippen LogP contribution in [0.25, 0.3) is 0 Å². The minimum atomic E-state index is -1.12. The van der Waals surface area contributed by atoms with Gasteiger partial charge < -0.3 is 14.8 Å².